The number of anilines is 1. The van der Waals surface area contributed by atoms with Gasteiger partial charge in [-0.1, -0.05) is 24.6 Å². The fraction of sp³-hybridized carbons (Fsp3) is 0.538. The van der Waals surface area contributed by atoms with E-state index >= 15 is 0 Å². The molecular weight excluding hydrogens is 236 g/mol. The van der Waals surface area contributed by atoms with Gasteiger partial charge in [-0.25, -0.2) is 0 Å². The molecule has 2 rings (SSSR count). The zero-order chi connectivity index (χ0) is 12.3. The Kier molecular flexibility index (Phi) is 4.26. The molecule has 0 spiro atoms. The van der Waals surface area contributed by atoms with Crippen LogP contribution in [0.15, 0.2) is 18.2 Å². The van der Waals surface area contributed by atoms with Crippen molar-refractivity contribution in [3.63, 3.8) is 0 Å². The summed E-state index contributed by atoms with van der Waals surface area (Å²) in [6.07, 6.45) is 1.38. The first-order valence-electron chi connectivity index (χ1n) is 6.09. The largest absolute Gasteiger partial charge is 0.375 e. The van der Waals surface area contributed by atoms with E-state index in [0.717, 1.165) is 42.4 Å². The Morgan fingerprint density at radius 1 is 1.53 bits per heavy atom. The summed E-state index contributed by atoms with van der Waals surface area (Å²) in [4.78, 5) is 2.32. The maximum absolute atomic E-state index is 6.18. The quantitative estimate of drug-likeness (QED) is 0.900. The molecule has 1 heterocycles. The Bertz CT molecular complexity index is 384. The summed E-state index contributed by atoms with van der Waals surface area (Å²) in [5, 5.41) is 0.754. The van der Waals surface area contributed by atoms with Gasteiger partial charge in [0.2, 0.25) is 0 Å². The van der Waals surface area contributed by atoms with Gasteiger partial charge in [0.05, 0.1) is 12.7 Å². The van der Waals surface area contributed by atoms with Crippen LogP contribution in [0.2, 0.25) is 5.02 Å². The van der Waals surface area contributed by atoms with Gasteiger partial charge in [0, 0.05) is 30.3 Å². The highest BCUT2D eigenvalue weighted by atomic mass is 35.5. The fourth-order valence-corrected chi connectivity index (χ4v) is 2.35. The van der Waals surface area contributed by atoms with E-state index < -0.39 is 0 Å². The second kappa shape index (κ2) is 5.71. The second-order valence-electron chi connectivity index (χ2n) is 4.33. The molecule has 1 aliphatic rings. The topological polar surface area (TPSA) is 38.5 Å². The molecule has 2 N–H and O–H groups in total. The van der Waals surface area contributed by atoms with E-state index in [1.165, 1.54) is 0 Å². The molecule has 1 saturated heterocycles. The van der Waals surface area contributed by atoms with Crippen molar-refractivity contribution in [2.24, 2.45) is 5.73 Å². The average molecular weight is 255 g/mol. The van der Waals surface area contributed by atoms with Crippen molar-refractivity contribution in [3.05, 3.63) is 28.8 Å². The van der Waals surface area contributed by atoms with Crippen LogP contribution in [0.4, 0.5) is 5.69 Å². The van der Waals surface area contributed by atoms with Crippen LogP contribution in [0, 0.1) is 0 Å². The minimum absolute atomic E-state index is 0.330. The van der Waals surface area contributed by atoms with Gasteiger partial charge >= 0.3 is 0 Å². The first-order valence-corrected chi connectivity index (χ1v) is 6.47. The molecule has 1 aromatic rings. The van der Waals surface area contributed by atoms with E-state index in [4.69, 9.17) is 22.1 Å². The summed E-state index contributed by atoms with van der Waals surface area (Å²) >= 11 is 6.18. The standard InChI is InChI=1S/C13H19ClN2O/c1-2-12-9-16(5-6-17-12)11-4-3-10(8-15)13(14)7-11/h3-4,7,12H,2,5-6,8-9,15H2,1H3. The first kappa shape index (κ1) is 12.7. The van der Waals surface area contributed by atoms with Crippen LogP contribution in [0.5, 0.6) is 0 Å². The van der Waals surface area contributed by atoms with E-state index in [0.29, 0.717) is 12.6 Å². The van der Waals surface area contributed by atoms with Gasteiger partial charge in [-0.3, -0.25) is 0 Å². The highest BCUT2D eigenvalue weighted by molar-refractivity contribution is 6.31. The summed E-state index contributed by atoms with van der Waals surface area (Å²) in [7, 11) is 0. The van der Waals surface area contributed by atoms with Crippen LogP contribution in [0.1, 0.15) is 18.9 Å². The average Bonchev–Trinajstić information content (AvgIpc) is 2.38. The Hall–Kier alpha value is -0.770. The molecule has 1 aromatic carbocycles. The van der Waals surface area contributed by atoms with E-state index in [2.05, 4.69) is 17.9 Å². The van der Waals surface area contributed by atoms with E-state index in [1.807, 2.05) is 12.1 Å². The molecule has 0 amide bonds. The highest BCUT2D eigenvalue weighted by Crippen LogP contribution is 2.25. The van der Waals surface area contributed by atoms with Gasteiger partial charge in [0.1, 0.15) is 0 Å². The summed E-state index contributed by atoms with van der Waals surface area (Å²) in [6.45, 7) is 5.29. The maximum atomic E-state index is 6.18. The van der Waals surface area contributed by atoms with Crippen molar-refractivity contribution in [3.8, 4) is 0 Å². The molecule has 1 unspecified atom stereocenters. The predicted octanol–water partition coefficient (Wildman–Crippen LogP) is 2.41. The summed E-state index contributed by atoms with van der Waals surface area (Å²) < 4.78 is 5.66. The van der Waals surface area contributed by atoms with Crippen LogP contribution in [0.25, 0.3) is 0 Å². The van der Waals surface area contributed by atoms with E-state index in [-0.39, 0.29) is 0 Å². The number of halogens is 1. The van der Waals surface area contributed by atoms with Gasteiger partial charge in [-0.05, 0) is 24.1 Å². The molecule has 0 bridgehead atoms. The smallest absolute Gasteiger partial charge is 0.0748 e. The van der Waals surface area contributed by atoms with Gasteiger partial charge in [-0.2, -0.15) is 0 Å². The van der Waals surface area contributed by atoms with Crippen molar-refractivity contribution in [1.29, 1.82) is 0 Å². The second-order valence-corrected chi connectivity index (χ2v) is 4.73. The Morgan fingerprint density at radius 2 is 2.35 bits per heavy atom. The highest BCUT2D eigenvalue weighted by Gasteiger charge is 2.19. The van der Waals surface area contributed by atoms with Crippen molar-refractivity contribution in [1.82, 2.24) is 0 Å². The van der Waals surface area contributed by atoms with E-state index in [9.17, 15) is 0 Å². The molecule has 0 aliphatic carbocycles. The molecule has 1 fully saturated rings. The zero-order valence-corrected chi connectivity index (χ0v) is 10.9. The number of ether oxygens (including phenoxy) is 1. The molecule has 4 heteroatoms. The lowest BCUT2D eigenvalue weighted by Crippen LogP contribution is -2.42. The number of benzene rings is 1. The molecular formula is C13H19ClN2O. The van der Waals surface area contributed by atoms with Crippen LogP contribution < -0.4 is 10.6 Å². The third-order valence-corrected chi connectivity index (χ3v) is 3.57. The lowest BCUT2D eigenvalue weighted by Gasteiger charge is -2.34. The predicted molar refractivity (Wildman–Crippen MR) is 71.6 cm³/mol. The summed E-state index contributed by atoms with van der Waals surface area (Å²) in [6, 6.07) is 6.10. The van der Waals surface area contributed by atoms with Gasteiger partial charge in [0.25, 0.3) is 0 Å². The first-order chi connectivity index (χ1) is 8.24. The minimum Gasteiger partial charge on any atom is -0.375 e. The number of nitrogens with two attached hydrogens (primary N) is 1. The molecule has 94 valence electrons. The molecule has 17 heavy (non-hydrogen) atoms. The van der Waals surface area contributed by atoms with Gasteiger partial charge in [0.15, 0.2) is 0 Å². The lowest BCUT2D eigenvalue weighted by molar-refractivity contribution is 0.0384. The SMILES string of the molecule is CCC1CN(c2ccc(CN)c(Cl)c2)CCO1. The number of hydrogen-bond acceptors (Lipinski definition) is 3. The zero-order valence-electron chi connectivity index (χ0n) is 10.2. The van der Waals surface area contributed by atoms with Crippen molar-refractivity contribution < 1.29 is 4.74 Å². The third-order valence-electron chi connectivity index (χ3n) is 3.22. The molecule has 0 radical (unpaired) electrons. The summed E-state index contributed by atoms with van der Waals surface area (Å²) in [5.41, 5.74) is 7.76. The Labute approximate surface area is 107 Å². The molecule has 0 saturated carbocycles. The molecule has 3 nitrogen and oxygen atoms in total. The third kappa shape index (κ3) is 2.92. The normalized spacial score (nSPS) is 20.6. The minimum atomic E-state index is 0.330. The lowest BCUT2D eigenvalue weighted by atomic mass is 10.1. The monoisotopic (exact) mass is 254 g/mol. The van der Waals surface area contributed by atoms with Crippen molar-refractivity contribution >= 4 is 17.3 Å². The molecule has 0 aromatic heterocycles. The van der Waals surface area contributed by atoms with Crippen LogP contribution in [-0.2, 0) is 11.3 Å². The van der Waals surface area contributed by atoms with Crippen LogP contribution in [0.3, 0.4) is 0 Å². The molecule has 1 aliphatic heterocycles. The van der Waals surface area contributed by atoms with Gasteiger partial charge in [-0.15, -0.1) is 0 Å². The number of hydrogen-bond donors (Lipinski definition) is 1. The van der Waals surface area contributed by atoms with Crippen molar-refractivity contribution in [2.75, 3.05) is 24.6 Å². The maximum Gasteiger partial charge on any atom is 0.0748 e. The number of nitrogens with zero attached hydrogens (tertiary/aromatic N) is 1. The fourth-order valence-electron chi connectivity index (χ4n) is 2.10. The van der Waals surface area contributed by atoms with Crippen LogP contribution >= 0.6 is 11.6 Å². The number of rotatable bonds is 3. The Balaban J connectivity index is 2.13. The van der Waals surface area contributed by atoms with Crippen molar-refractivity contribution in [2.45, 2.75) is 26.0 Å². The van der Waals surface area contributed by atoms with Gasteiger partial charge < -0.3 is 15.4 Å². The van der Waals surface area contributed by atoms with E-state index in [1.54, 1.807) is 0 Å². The number of morpholine rings is 1. The Morgan fingerprint density at radius 3 is 3.00 bits per heavy atom. The van der Waals surface area contributed by atoms with Crippen LogP contribution in [-0.4, -0.2) is 25.8 Å². The molecule has 1 atom stereocenters. The summed E-state index contributed by atoms with van der Waals surface area (Å²) in [5.74, 6) is 0.